The number of hydrogen-bond acceptors (Lipinski definition) is 4. The van der Waals surface area contributed by atoms with Crippen LogP contribution in [0, 0.1) is 0 Å². The van der Waals surface area contributed by atoms with E-state index in [1.54, 1.807) is 31.2 Å². The molecule has 1 aliphatic rings. The first-order valence-corrected chi connectivity index (χ1v) is 7.55. The summed E-state index contributed by atoms with van der Waals surface area (Å²) in [5.74, 6) is 0.323. The first-order valence-electron chi connectivity index (χ1n) is 7.55. The van der Waals surface area contributed by atoms with Gasteiger partial charge in [-0.3, -0.25) is 9.63 Å². The van der Waals surface area contributed by atoms with Crippen LogP contribution < -0.4 is 4.74 Å². The van der Waals surface area contributed by atoms with Crippen molar-refractivity contribution in [3.63, 3.8) is 0 Å². The van der Waals surface area contributed by atoms with Crippen LogP contribution in [0.3, 0.4) is 0 Å². The highest BCUT2D eigenvalue weighted by Gasteiger charge is 2.27. The van der Waals surface area contributed by atoms with Crippen molar-refractivity contribution in [1.82, 2.24) is 5.06 Å². The molecule has 23 heavy (non-hydrogen) atoms. The molecule has 0 saturated heterocycles. The summed E-state index contributed by atoms with van der Waals surface area (Å²) in [6.45, 7) is 2.43. The molecular weight excluding hydrogens is 294 g/mol. The third-order valence-corrected chi connectivity index (χ3v) is 3.80. The Labute approximate surface area is 135 Å². The molecular formula is C18H19NO4. The number of benzene rings is 2. The Morgan fingerprint density at radius 3 is 2.83 bits per heavy atom. The van der Waals surface area contributed by atoms with E-state index in [0.717, 1.165) is 16.7 Å². The van der Waals surface area contributed by atoms with E-state index in [0.29, 0.717) is 18.9 Å². The second-order valence-electron chi connectivity index (χ2n) is 5.48. The molecule has 1 aliphatic heterocycles. The number of amides is 1. The number of carbonyl (C=O) groups excluding carboxylic acids is 1. The number of aliphatic hydroxyl groups is 1. The zero-order valence-electron chi connectivity index (χ0n) is 12.9. The summed E-state index contributed by atoms with van der Waals surface area (Å²) in [6, 6.07) is 15.0. The minimum Gasteiger partial charge on any atom is -0.481 e. The van der Waals surface area contributed by atoms with Crippen molar-refractivity contribution < 1.29 is 19.5 Å². The van der Waals surface area contributed by atoms with Gasteiger partial charge in [-0.25, -0.2) is 5.06 Å². The van der Waals surface area contributed by atoms with Crippen molar-refractivity contribution in [2.45, 2.75) is 32.8 Å². The van der Waals surface area contributed by atoms with Crippen LogP contribution >= 0.6 is 0 Å². The van der Waals surface area contributed by atoms with E-state index >= 15 is 0 Å². The molecule has 120 valence electrons. The maximum Gasteiger partial charge on any atom is 0.287 e. The largest absolute Gasteiger partial charge is 0.481 e. The maximum absolute atomic E-state index is 12.5. The Kier molecular flexibility index (Phi) is 4.60. The van der Waals surface area contributed by atoms with Crippen LogP contribution in [0.15, 0.2) is 48.5 Å². The molecule has 1 amide bonds. The highest BCUT2D eigenvalue weighted by atomic mass is 16.7. The van der Waals surface area contributed by atoms with Gasteiger partial charge in [-0.05, 0) is 35.7 Å². The van der Waals surface area contributed by atoms with Gasteiger partial charge in [-0.1, -0.05) is 36.4 Å². The Balaban J connectivity index is 1.66. The van der Waals surface area contributed by atoms with Crippen LogP contribution in [0.25, 0.3) is 0 Å². The van der Waals surface area contributed by atoms with E-state index in [1.165, 1.54) is 5.06 Å². The fourth-order valence-electron chi connectivity index (χ4n) is 2.52. The Bertz CT molecular complexity index is 701. The minimum absolute atomic E-state index is 0.0639. The average Bonchev–Trinajstić information content (AvgIpc) is 2.60. The zero-order valence-corrected chi connectivity index (χ0v) is 12.9. The molecule has 1 atom stereocenters. The monoisotopic (exact) mass is 313 g/mol. The molecule has 0 aromatic heterocycles. The van der Waals surface area contributed by atoms with E-state index in [-0.39, 0.29) is 12.5 Å². The van der Waals surface area contributed by atoms with E-state index in [1.807, 2.05) is 24.3 Å². The van der Waals surface area contributed by atoms with Crippen LogP contribution in [0.2, 0.25) is 0 Å². The molecule has 0 fully saturated rings. The highest BCUT2D eigenvalue weighted by Crippen LogP contribution is 2.21. The molecule has 0 radical (unpaired) electrons. The number of rotatable bonds is 4. The lowest BCUT2D eigenvalue weighted by Gasteiger charge is -2.30. The summed E-state index contributed by atoms with van der Waals surface area (Å²) in [6.07, 6.45) is -0.672. The summed E-state index contributed by atoms with van der Waals surface area (Å²) in [5.41, 5.74) is 2.92. The van der Waals surface area contributed by atoms with Gasteiger partial charge in [0, 0.05) is 0 Å². The molecule has 0 spiro atoms. The molecule has 1 N–H and O–H groups in total. The predicted octanol–water partition coefficient (Wildman–Crippen LogP) is 2.42. The van der Waals surface area contributed by atoms with Crippen molar-refractivity contribution >= 4 is 5.91 Å². The average molecular weight is 313 g/mol. The van der Waals surface area contributed by atoms with Crippen molar-refractivity contribution in [1.29, 1.82) is 0 Å². The molecule has 0 bridgehead atoms. The van der Waals surface area contributed by atoms with Crippen LogP contribution in [0.4, 0.5) is 0 Å². The van der Waals surface area contributed by atoms with E-state index in [9.17, 15) is 4.79 Å². The number of ether oxygens (including phenoxy) is 1. The summed E-state index contributed by atoms with van der Waals surface area (Å²) < 4.78 is 5.68. The van der Waals surface area contributed by atoms with E-state index < -0.39 is 6.10 Å². The molecule has 2 aromatic carbocycles. The predicted molar refractivity (Wildman–Crippen MR) is 84.2 cm³/mol. The van der Waals surface area contributed by atoms with Gasteiger partial charge in [0.2, 0.25) is 0 Å². The fraction of sp³-hybridized carbons (Fsp3) is 0.278. The van der Waals surface area contributed by atoms with Gasteiger partial charge in [-0.15, -0.1) is 0 Å². The Morgan fingerprint density at radius 2 is 2.04 bits per heavy atom. The smallest absolute Gasteiger partial charge is 0.287 e. The molecule has 5 nitrogen and oxygen atoms in total. The first-order chi connectivity index (χ1) is 11.2. The number of carbonyl (C=O) groups is 1. The third-order valence-electron chi connectivity index (χ3n) is 3.80. The van der Waals surface area contributed by atoms with Crippen molar-refractivity contribution in [2.75, 3.05) is 0 Å². The number of hydrogen-bond donors (Lipinski definition) is 1. The van der Waals surface area contributed by atoms with Gasteiger partial charge >= 0.3 is 0 Å². The molecule has 5 heteroatoms. The molecule has 3 rings (SSSR count). The quantitative estimate of drug-likeness (QED) is 0.942. The van der Waals surface area contributed by atoms with Crippen molar-refractivity contribution in [3.05, 3.63) is 65.2 Å². The number of aliphatic hydroxyl groups excluding tert-OH is 1. The SMILES string of the molecule is CC(Oc1cccc(CO)c1)C(=O)N1Cc2ccccc2CO1. The molecule has 0 saturated carbocycles. The first kappa shape index (κ1) is 15.5. The Morgan fingerprint density at radius 1 is 1.26 bits per heavy atom. The van der Waals surface area contributed by atoms with Gasteiger partial charge in [0.25, 0.3) is 5.91 Å². The fourth-order valence-corrected chi connectivity index (χ4v) is 2.52. The highest BCUT2D eigenvalue weighted by molar-refractivity contribution is 5.80. The van der Waals surface area contributed by atoms with Crippen LogP contribution in [-0.4, -0.2) is 22.2 Å². The number of fused-ring (bicyclic) bond motifs is 1. The van der Waals surface area contributed by atoms with Gasteiger partial charge in [0.15, 0.2) is 6.10 Å². The maximum atomic E-state index is 12.5. The van der Waals surface area contributed by atoms with Crippen LogP contribution in [0.5, 0.6) is 5.75 Å². The summed E-state index contributed by atoms with van der Waals surface area (Å²) in [7, 11) is 0. The second kappa shape index (κ2) is 6.81. The third kappa shape index (κ3) is 3.52. The standard InChI is InChI=1S/C18H19NO4/c1-13(23-17-8-4-5-14(9-17)11-20)18(21)19-10-15-6-2-3-7-16(15)12-22-19/h2-9,13,20H,10-12H2,1H3. The summed E-state index contributed by atoms with van der Waals surface area (Å²) in [5, 5.41) is 10.5. The number of nitrogens with zero attached hydrogens (tertiary/aromatic N) is 1. The second-order valence-corrected chi connectivity index (χ2v) is 5.48. The Hall–Kier alpha value is -2.37. The van der Waals surface area contributed by atoms with Gasteiger partial charge in [-0.2, -0.15) is 0 Å². The van der Waals surface area contributed by atoms with Crippen LogP contribution in [0.1, 0.15) is 23.6 Å². The lowest BCUT2D eigenvalue weighted by atomic mass is 10.1. The van der Waals surface area contributed by atoms with E-state index in [4.69, 9.17) is 14.7 Å². The van der Waals surface area contributed by atoms with Gasteiger partial charge in [0.1, 0.15) is 12.4 Å². The van der Waals surface area contributed by atoms with Crippen LogP contribution in [-0.2, 0) is 29.4 Å². The lowest BCUT2D eigenvalue weighted by Crippen LogP contribution is -2.41. The number of hydroxylamine groups is 2. The topological polar surface area (TPSA) is 59.0 Å². The molecule has 2 aromatic rings. The van der Waals surface area contributed by atoms with E-state index in [2.05, 4.69) is 0 Å². The molecule has 0 aliphatic carbocycles. The normalized spacial score (nSPS) is 15.0. The molecule has 1 unspecified atom stereocenters. The van der Waals surface area contributed by atoms with Crippen molar-refractivity contribution in [3.8, 4) is 5.75 Å². The lowest BCUT2D eigenvalue weighted by molar-refractivity contribution is -0.206. The molecule has 1 heterocycles. The minimum atomic E-state index is -0.672. The van der Waals surface area contributed by atoms with Crippen molar-refractivity contribution in [2.24, 2.45) is 0 Å². The van der Waals surface area contributed by atoms with Gasteiger partial charge < -0.3 is 9.84 Å². The zero-order chi connectivity index (χ0) is 16.2. The summed E-state index contributed by atoms with van der Waals surface area (Å²) >= 11 is 0. The van der Waals surface area contributed by atoms with Gasteiger partial charge in [0.05, 0.1) is 13.2 Å². The summed E-state index contributed by atoms with van der Waals surface area (Å²) in [4.78, 5) is 18.0.